The van der Waals surface area contributed by atoms with Gasteiger partial charge in [0.25, 0.3) is 0 Å². The van der Waals surface area contributed by atoms with Crippen molar-refractivity contribution in [1.82, 2.24) is 0 Å². The second kappa shape index (κ2) is 8.73. The molecular weight excluding hydrogens is 362 g/mol. The summed E-state index contributed by atoms with van der Waals surface area (Å²) in [7, 11) is 1.49. The number of methoxy groups -OCH3 is 1. The van der Waals surface area contributed by atoms with Crippen LogP contribution in [-0.2, 0) is 11.2 Å². The Balaban J connectivity index is 1.66. The minimum absolute atomic E-state index is 0.0683. The lowest BCUT2D eigenvalue weighted by molar-refractivity contribution is -0.115. The highest BCUT2D eigenvalue weighted by Crippen LogP contribution is 2.39. The summed E-state index contributed by atoms with van der Waals surface area (Å²) in [4.78, 5) is 12.5. The van der Waals surface area contributed by atoms with Crippen LogP contribution in [-0.4, -0.2) is 18.1 Å². The van der Waals surface area contributed by atoms with Gasteiger partial charge in [-0.1, -0.05) is 45.0 Å². The maximum Gasteiger partial charge on any atom is 0.228 e. The van der Waals surface area contributed by atoms with Crippen LogP contribution in [0.25, 0.3) is 5.57 Å². The molecule has 3 rings (SSSR count). The molecule has 154 valence electrons. The molecule has 2 N–H and O–H groups in total. The van der Waals surface area contributed by atoms with Crippen LogP contribution >= 0.6 is 0 Å². The number of phenolic OH excluding ortho intramolecular Hbond substituents is 1. The van der Waals surface area contributed by atoms with E-state index in [9.17, 15) is 9.90 Å². The summed E-state index contributed by atoms with van der Waals surface area (Å²) in [5.41, 5.74) is 4.48. The molecule has 0 aliphatic heterocycles. The molecule has 0 saturated heterocycles. The van der Waals surface area contributed by atoms with Gasteiger partial charge in [0.1, 0.15) is 0 Å². The summed E-state index contributed by atoms with van der Waals surface area (Å²) in [6.07, 6.45) is 5.97. The number of phenols is 1. The van der Waals surface area contributed by atoms with E-state index in [4.69, 9.17) is 4.74 Å². The Kier molecular flexibility index (Phi) is 6.31. The van der Waals surface area contributed by atoms with E-state index in [0.29, 0.717) is 11.2 Å². The average molecular weight is 394 g/mol. The normalized spacial score (nSPS) is 16.8. The highest BCUT2D eigenvalue weighted by Gasteiger charge is 2.26. The number of carbonyl (C=O) groups is 1. The molecule has 4 heteroatoms. The van der Waals surface area contributed by atoms with Gasteiger partial charge in [-0.15, -0.1) is 0 Å². The van der Waals surface area contributed by atoms with E-state index in [1.165, 1.54) is 24.7 Å². The molecular formula is C25H31NO3. The number of amides is 1. The highest BCUT2D eigenvalue weighted by molar-refractivity contribution is 5.92. The van der Waals surface area contributed by atoms with Crippen molar-refractivity contribution in [3.8, 4) is 11.5 Å². The van der Waals surface area contributed by atoms with E-state index in [1.54, 1.807) is 18.2 Å². The van der Waals surface area contributed by atoms with Crippen LogP contribution in [0.4, 0.5) is 5.69 Å². The minimum atomic E-state index is -0.0969. The van der Waals surface area contributed by atoms with Crippen molar-refractivity contribution in [2.24, 2.45) is 11.3 Å². The lowest BCUT2D eigenvalue weighted by atomic mass is 9.72. The van der Waals surface area contributed by atoms with Crippen LogP contribution < -0.4 is 10.1 Å². The number of hydrogen-bond donors (Lipinski definition) is 2. The quantitative estimate of drug-likeness (QED) is 0.674. The molecule has 0 saturated carbocycles. The third-order valence-corrected chi connectivity index (χ3v) is 5.76. The molecule has 1 atom stereocenters. The second-order valence-corrected chi connectivity index (χ2v) is 8.88. The van der Waals surface area contributed by atoms with Crippen LogP contribution in [0.1, 0.15) is 51.2 Å². The number of benzene rings is 2. The Labute approximate surface area is 173 Å². The van der Waals surface area contributed by atoms with E-state index in [1.807, 2.05) is 12.1 Å². The van der Waals surface area contributed by atoms with E-state index in [2.05, 4.69) is 44.3 Å². The fourth-order valence-electron chi connectivity index (χ4n) is 3.90. The molecule has 0 spiro atoms. The average Bonchev–Trinajstić information content (AvgIpc) is 2.69. The monoisotopic (exact) mass is 393 g/mol. The van der Waals surface area contributed by atoms with Gasteiger partial charge in [0.2, 0.25) is 5.91 Å². The number of nitrogens with one attached hydrogen (secondary N) is 1. The molecule has 0 bridgehead atoms. The van der Waals surface area contributed by atoms with Crippen molar-refractivity contribution >= 4 is 17.2 Å². The van der Waals surface area contributed by atoms with Gasteiger partial charge in [0, 0.05) is 5.69 Å². The third kappa shape index (κ3) is 5.41. The molecule has 0 heterocycles. The minimum Gasteiger partial charge on any atom is -0.504 e. The number of ether oxygens (including phenoxy) is 1. The van der Waals surface area contributed by atoms with E-state index < -0.39 is 0 Å². The zero-order valence-electron chi connectivity index (χ0n) is 17.8. The summed E-state index contributed by atoms with van der Waals surface area (Å²) in [6, 6.07) is 13.0. The van der Waals surface area contributed by atoms with Crippen LogP contribution in [0.3, 0.4) is 0 Å². The first-order valence-corrected chi connectivity index (χ1v) is 10.2. The maximum absolute atomic E-state index is 12.5. The van der Waals surface area contributed by atoms with Gasteiger partial charge in [0.05, 0.1) is 13.5 Å². The van der Waals surface area contributed by atoms with Crippen molar-refractivity contribution in [1.29, 1.82) is 0 Å². The molecule has 2 aromatic rings. The Morgan fingerprint density at radius 1 is 1.21 bits per heavy atom. The van der Waals surface area contributed by atoms with E-state index in [-0.39, 0.29) is 18.1 Å². The van der Waals surface area contributed by atoms with Crippen molar-refractivity contribution in [2.45, 2.75) is 46.5 Å². The van der Waals surface area contributed by atoms with E-state index in [0.717, 1.165) is 30.0 Å². The van der Waals surface area contributed by atoms with Gasteiger partial charge >= 0.3 is 0 Å². The Bertz CT molecular complexity index is 909. The van der Waals surface area contributed by atoms with Gasteiger partial charge < -0.3 is 15.2 Å². The zero-order chi connectivity index (χ0) is 21.0. The molecule has 1 amide bonds. The molecule has 1 aliphatic rings. The number of hydrogen-bond acceptors (Lipinski definition) is 3. The van der Waals surface area contributed by atoms with Gasteiger partial charge in [-0.3, -0.25) is 4.79 Å². The fraction of sp³-hybridized carbons (Fsp3) is 0.400. The molecule has 4 nitrogen and oxygen atoms in total. The Morgan fingerprint density at radius 3 is 2.66 bits per heavy atom. The number of aromatic hydroxyl groups is 1. The van der Waals surface area contributed by atoms with Gasteiger partial charge in [0.15, 0.2) is 11.5 Å². The predicted molar refractivity (Wildman–Crippen MR) is 118 cm³/mol. The first kappa shape index (κ1) is 21.0. The highest BCUT2D eigenvalue weighted by atomic mass is 16.5. The number of anilines is 1. The maximum atomic E-state index is 12.5. The summed E-state index contributed by atoms with van der Waals surface area (Å²) < 4.78 is 5.11. The molecule has 1 unspecified atom stereocenters. The van der Waals surface area contributed by atoms with Crippen molar-refractivity contribution in [3.05, 3.63) is 59.7 Å². The summed E-state index contributed by atoms with van der Waals surface area (Å²) >= 11 is 0. The molecule has 29 heavy (non-hydrogen) atoms. The third-order valence-electron chi connectivity index (χ3n) is 5.76. The van der Waals surface area contributed by atoms with Crippen LogP contribution in [0.15, 0.2) is 48.5 Å². The molecule has 0 fully saturated rings. The number of allylic oxidation sites excluding steroid dienone is 2. The van der Waals surface area contributed by atoms with Gasteiger partial charge in [-0.05, 0) is 71.6 Å². The Morgan fingerprint density at radius 2 is 2.00 bits per heavy atom. The molecule has 1 aliphatic carbocycles. The molecule has 0 radical (unpaired) electrons. The van der Waals surface area contributed by atoms with Crippen molar-refractivity contribution in [3.63, 3.8) is 0 Å². The van der Waals surface area contributed by atoms with Gasteiger partial charge in [-0.2, -0.15) is 0 Å². The predicted octanol–water partition coefficient (Wildman–Crippen LogP) is 5.81. The number of carbonyl (C=O) groups excluding carboxylic acids is 1. The van der Waals surface area contributed by atoms with Crippen molar-refractivity contribution in [2.75, 3.05) is 12.4 Å². The van der Waals surface area contributed by atoms with Crippen LogP contribution in [0.2, 0.25) is 0 Å². The van der Waals surface area contributed by atoms with E-state index >= 15 is 0 Å². The molecule has 2 aromatic carbocycles. The topological polar surface area (TPSA) is 58.6 Å². The first-order valence-electron chi connectivity index (χ1n) is 10.2. The zero-order valence-corrected chi connectivity index (χ0v) is 17.8. The van der Waals surface area contributed by atoms with Crippen LogP contribution in [0, 0.1) is 11.3 Å². The summed E-state index contributed by atoms with van der Waals surface area (Å²) in [5.74, 6) is 1.06. The van der Waals surface area contributed by atoms with Crippen molar-refractivity contribution < 1.29 is 14.6 Å². The lowest BCUT2D eigenvalue weighted by Crippen LogP contribution is -2.22. The van der Waals surface area contributed by atoms with Crippen LogP contribution in [0.5, 0.6) is 11.5 Å². The SMILES string of the molecule is COc1cc(CC(=O)Nc2cccc(C3=CCC(C(C)(C)C)CC3)c2)ccc1O. The first-order chi connectivity index (χ1) is 13.8. The Hall–Kier alpha value is -2.75. The smallest absolute Gasteiger partial charge is 0.228 e. The number of rotatable bonds is 5. The summed E-state index contributed by atoms with van der Waals surface area (Å²) in [5, 5.41) is 12.7. The summed E-state index contributed by atoms with van der Waals surface area (Å²) in [6.45, 7) is 6.95. The second-order valence-electron chi connectivity index (χ2n) is 8.88. The molecule has 0 aromatic heterocycles. The lowest BCUT2D eigenvalue weighted by Gasteiger charge is -2.33. The standard InChI is InChI=1S/C25H31NO3/c1-25(2,3)20-11-9-18(10-12-20)19-6-5-7-21(16-19)26-24(28)15-17-8-13-22(27)23(14-17)29-4/h5-9,13-14,16,20,27H,10-12,15H2,1-4H3,(H,26,28). The fourth-order valence-corrected chi connectivity index (χ4v) is 3.90. The van der Waals surface area contributed by atoms with Gasteiger partial charge in [-0.25, -0.2) is 0 Å². The largest absolute Gasteiger partial charge is 0.504 e.